The zero-order chi connectivity index (χ0) is 21.1. The molecule has 1 saturated heterocycles. The number of rotatable bonds is 7. The predicted octanol–water partition coefficient (Wildman–Crippen LogP) is 1.46. The van der Waals surface area contributed by atoms with Gasteiger partial charge in [-0.2, -0.15) is 0 Å². The molecule has 4 rings (SSSR count). The molecule has 2 N–H and O–H groups in total. The molecule has 1 aromatic heterocycles. The zero-order valence-corrected chi connectivity index (χ0v) is 17.9. The van der Waals surface area contributed by atoms with Crippen molar-refractivity contribution in [1.29, 1.82) is 0 Å². The number of carbonyl (C=O) groups is 1. The Morgan fingerprint density at radius 2 is 1.83 bits per heavy atom. The van der Waals surface area contributed by atoms with E-state index in [1.54, 1.807) is 23.2 Å². The first-order valence-corrected chi connectivity index (χ1v) is 11.7. The number of piperazine rings is 1. The number of nitrogens with zero attached hydrogens (tertiary/aromatic N) is 4. The normalized spacial score (nSPS) is 17.8. The van der Waals surface area contributed by atoms with Gasteiger partial charge in [0.25, 0.3) is 0 Å². The van der Waals surface area contributed by atoms with Crippen LogP contribution in [-0.4, -0.2) is 66.5 Å². The average Bonchev–Trinajstić information content (AvgIpc) is 3.49. The molecule has 0 atom stereocenters. The van der Waals surface area contributed by atoms with E-state index in [2.05, 4.69) is 19.9 Å². The molecule has 1 saturated carbocycles. The third-order valence-electron chi connectivity index (χ3n) is 5.62. The smallest absolute Gasteiger partial charge is 0.321 e. The lowest BCUT2D eigenvalue weighted by Gasteiger charge is -2.34. The number of nitrogens with one attached hydrogen (secondary N) is 2. The summed E-state index contributed by atoms with van der Waals surface area (Å²) in [6, 6.07) is 6.13. The van der Waals surface area contributed by atoms with Crippen molar-refractivity contribution in [2.75, 3.05) is 38.0 Å². The summed E-state index contributed by atoms with van der Waals surface area (Å²) < 4.78 is 29.2. The summed E-state index contributed by atoms with van der Waals surface area (Å²) in [6.07, 6.45) is 5.90. The molecular weight excluding hydrogens is 404 g/mol. The number of hydrogen-bond acceptors (Lipinski definition) is 5. The van der Waals surface area contributed by atoms with Gasteiger partial charge in [0.15, 0.2) is 0 Å². The third-order valence-corrected chi connectivity index (χ3v) is 7.06. The molecule has 2 heterocycles. The topological polar surface area (TPSA) is 99.6 Å². The largest absolute Gasteiger partial charge is 0.337 e. The van der Waals surface area contributed by atoms with E-state index < -0.39 is 10.0 Å². The van der Waals surface area contributed by atoms with E-state index in [0.717, 1.165) is 38.3 Å². The molecule has 2 aromatic rings. The molecule has 1 aromatic carbocycles. The molecule has 2 amide bonds. The fraction of sp³-hybridized carbons (Fsp3) is 0.500. The van der Waals surface area contributed by atoms with E-state index >= 15 is 0 Å². The van der Waals surface area contributed by atoms with Gasteiger partial charge in [-0.3, -0.25) is 4.90 Å². The number of urea groups is 1. The summed E-state index contributed by atoms with van der Waals surface area (Å²) in [5.41, 5.74) is 0.580. The predicted molar refractivity (Wildman–Crippen MR) is 113 cm³/mol. The van der Waals surface area contributed by atoms with Crippen LogP contribution in [0.1, 0.15) is 18.7 Å². The van der Waals surface area contributed by atoms with Gasteiger partial charge in [-0.15, -0.1) is 0 Å². The standard InChI is InChI=1S/C20H28N6O3S/c1-24-9-8-21-19(24)15-25-10-12-26(13-11-25)20(27)23-17-4-6-18(7-5-17)30(28,29)22-14-16-2-3-16/h4-9,16,22H,2-3,10-15H2,1H3,(H,23,27). The van der Waals surface area contributed by atoms with Crippen LogP contribution in [0.5, 0.6) is 0 Å². The second kappa shape index (κ2) is 8.75. The van der Waals surface area contributed by atoms with Crippen LogP contribution >= 0.6 is 0 Å². The number of amides is 2. The van der Waals surface area contributed by atoms with E-state index in [-0.39, 0.29) is 10.9 Å². The molecule has 162 valence electrons. The Kier molecular flexibility index (Phi) is 6.07. The summed E-state index contributed by atoms with van der Waals surface area (Å²) in [6.45, 7) is 4.09. The van der Waals surface area contributed by atoms with Crippen molar-refractivity contribution in [1.82, 2.24) is 24.1 Å². The van der Waals surface area contributed by atoms with E-state index in [4.69, 9.17) is 0 Å². The lowest BCUT2D eigenvalue weighted by atomic mass is 10.3. The minimum atomic E-state index is -3.50. The molecule has 0 radical (unpaired) electrons. The van der Waals surface area contributed by atoms with Crippen molar-refractivity contribution in [2.24, 2.45) is 13.0 Å². The molecule has 0 spiro atoms. The number of aryl methyl sites for hydroxylation is 1. The first kappa shape index (κ1) is 20.8. The van der Waals surface area contributed by atoms with E-state index in [1.165, 1.54) is 12.1 Å². The van der Waals surface area contributed by atoms with Gasteiger partial charge in [0, 0.05) is 57.9 Å². The number of carbonyl (C=O) groups excluding carboxylic acids is 1. The number of anilines is 1. The SMILES string of the molecule is Cn1ccnc1CN1CCN(C(=O)Nc2ccc(S(=O)(=O)NCC3CC3)cc2)CC1. The van der Waals surface area contributed by atoms with Gasteiger partial charge in [-0.05, 0) is 43.0 Å². The molecule has 1 aliphatic carbocycles. The van der Waals surface area contributed by atoms with Crippen molar-refractivity contribution in [3.05, 3.63) is 42.5 Å². The molecule has 0 bridgehead atoms. The first-order valence-electron chi connectivity index (χ1n) is 10.2. The van der Waals surface area contributed by atoms with Gasteiger partial charge >= 0.3 is 6.03 Å². The Morgan fingerprint density at radius 3 is 2.43 bits per heavy atom. The van der Waals surface area contributed by atoms with Crippen LogP contribution in [0.25, 0.3) is 0 Å². The molecular formula is C20H28N6O3S. The Bertz CT molecular complexity index is 976. The Hall–Kier alpha value is -2.43. The van der Waals surface area contributed by atoms with Crippen molar-refractivity contribution >= 4 is 21.7 Å². The second-order valence-corrected chi connectivity index (χ2v) is 9.73. The van der Waals surface area contributed by atoms with Crippen LogP contribution in [0, 0.1) is 5.92 Å². The number of hydrogen-bond donors (Lipinski definition) is 2. The van der Waals surface area contributed by atoms with Crippen LogP contribution in [0.15, 0.2) is 41.6 Å². The molecule has 2 aliphatic rings. The fourth-order valence-corrected chi connectivity index (χ4v) is 4.53. The van der Waals surface area contributed by atoms with Crippen molar-refractivity contribution < 1.29 is 13.2 Å². The minimum absolute atomic E-state index is 0.172. The maximum absolute atomic E-state index is 12.6. The van der Waals surface area contributed by atoms with Gasteiger partial charge in [0.1, 0.15) is 5.82 Å². The highest BCUT2D eigenvalue weighted by atomic mass is 32.2. The van der Waals surface area contributed by atoms with Crippen molar-refractivity contribution in [2.45, 2.75) is 24.3 Å². The van der Waals surface area contributed by atoms with Crippen molar-refractivity contribution in [3.8, 4) is 0 Å². The van der Waals surface area contributed by atoms with Crippen molar-refractivity contribution in [3.63, 3.8) is 0 Å². The van der Waals surface area contributed by atoms with Crippen LogP contribution in [0.2, 0.25) is 0 Å². The molecule has 2 fully saturated rings. The van der Waals surface area contributed by atoms with Crippen LogP contribution in [-0.2, 0) is 23.6 Å². The van der Waals surface area contributed by atoms with Crippen LogP contribution in [0.3, 0.4) is 0 Å². The van der Waals surface area contributed by atoms with E-state index in [9.17, 15) is 13.2 Å². The highest BCUT2D eigenvalue weighted by molar-refractivity contribution is 7.89. The highest BCUT2D eigenvalue weighted by Crippen LogP contribution is 2.28. The number of aromatic nitrogens is 2. The summed E-state index contributed by atoms with van der Waals surface area (Å²) >= 11 is 0. The summed E-state index contributed by atoms with van der Waals surface area (Å²) in [4.78, 5) is 21.2. The summed E-state index contributed by atoms with van der Waals surface area (Å²) in [7, 11) is -1.52. The Balaban J connectivity index is 1.26. The van der Waals surface area contributed by atoms with Gasteiger partial charge in [0.2, 0.25) is 10.0 Å². The number of sulfonamides is 1. The molecule has 0 unspecified atom stereocenters. The van der Waals surface area contributed by atoms with Gasteiger partial charge in [-0.1, -0.05) is 0 Å². The third kappa shape index (κ3) is 5.18. The highest BCUT2D eigenvalue weighted by Gasteiger charge is 2.25. The quantitative estimate of drug-likeness (QED) is 0.690. The maximum Gasteiger partial charge on any atom is 0.321 e. The van der Waals surface area contributed by atoms with Gasteiger partial charge in [0.05, 0.1) is 11.4 Å². The molecule has 30 heavy (non-hydrogen) atoms. The lowest BCUT2D eigenvalue weighted by Crippen LogP contribution is -2.49. The van der Waals surface area contributed by atoms with Gasteiger partial charge < -0.3 is 14.8 Å². The monoisotopic (exact) mass is 432 g/mol. The fourth-order valence-electron chi connectivity index (χ4n) is 3.41. The summed E-state index contributed by atoms with van der Waals surface area (Å²) in [5, 5.41) is 2.86. The number of benzene rings is 1. The molecule has 1 aliphatic heterocycles. The zero-order valence-electron chi connectivity index (χ0n) is 17.1. The molecule has 10 heteroatoms. The van der Waals surface area contributed by atoms with Gasteiger partial charge in [-0.25, -0.2) is 22.9 Å². The lowest BCUT2D eigenvalue weighted by molar-refractivity contribution is 0.140. The van der Waals surface area contributed by atoms with Crippen LogP contribution < -0.4 is 10.0 Å². The Morgan fingerprint density at radius 1 is 1.13 bits per heavy atom. The molecule has 9 nitrogen and oxygen atoms in total. The second-order valence-electron chi connectivity index (χ2n) is 7.97. The first-order chi connectivity index (χ1) is 14.4. The summed E-state index contributed by atoms with van der Waals surface area (Å²) in [5.74, 6) is 1.48. The van der Waals surface area contributed by atoms with E-state index in [0.29, 0.717) is 31.2 Å². The van der Waals surface area contributed by atoms with Crippen LogP contribution in [0.4, 0.5) is 10.5 Å². The maximum atomic E-state index is 12.6. The minimum Gasteiger partial charge on any atom is -0.337 e. The van der Waals surface area contributed by atoms with E-state index in [1.807, 2.05) is 17.8 Å². The number of imidazole rings is 1. The Labute approximate surface area is 177 Å². The average molecular weight is 433 g/mol.